The van der Waals surface area contributed by atoms with Crippen molar-refractivity contribution < 1.29 is 9.53 Å². The van der Waals surface area contributed by atoms with Crippen molar-refractivity contribution in [1.29, 1.82) is 0 Å². The molecule has 0 saturated heterocycles. The maximum atomic E-state index is 11.6. The van der Waals surface area contributed by atoms with Gasteiger partial charge in [-0.25, -0.2) is 0 Å². The number of carbonyl (C=O) groups excluding carboxylic acids is 1. The number of ether oxygens (including phenoxy) is 1. The molecule has 1 unspecified atom stereocenters. The molecule has 2 nitrogen and oxygen atoms in total. The highest BCUT2D eigenvalue weighted by Crippen LogP contribution is 2.34. The van der Waals surface area contributed by atoms with Crippen molar-refractivity contribution in [3.63, 3.8) is 0 Å². The summed E-state index contributed by atoms with van der Waals surface area (Å²) in [6.07, 6.45) is 10.8. The highest BCUT2D eigenvalue weighted by atomic mass is 16.5. The lowest BCUT2D eigenvalue weighted by Gasteiger charge is -2.30. The number of hydrogen-bond donors (Lipinski definition) is 0. The average Bonchev–Trinajstić information content (AvgIpc) is 2.21. The second-order valence-electron chi connectivity index (χ2n) is 4.95. The van der Waals surface area contributed by atoms with E-state index >= 15 is 0 Å². The molecule has 0 N–H and O–H groups in total. The highest BCUT2D eigenvalue weighted by molar-refractivity contribution is 5.70. The molecule has 1 atom stereocenters. The first kappa shape index (κ1) is 13.0. The summed E-state index contributed by atoms with van der Waals surface area (Å²) in [7, 11) is 0. The predicted molar refractivity (Wildman–Crippen MR) is 66.0 cm³/mol. The monoisotopic (exact) mass is 222 g/mol. The molecule has 1 rings (SSSR count). The minimum absolute atomic E-state index is 0.0541. The standard InChI is InChI=1S/C14H22O2/c1-4-5-10-16-13(15)11-12-8-6-7-9-14(12,2)3/h6-9,12H,4-5,10-11H2,1-3H3. The minimum atomic E-state index is -0.0773. The molecule has 16 heavy (non-hydrogen) atoms. The molecule has 0 spiro atoms. The number of hydrogen-bond acceptors (Lipinski definition) is 2. The number of carbonyl (C=O) groups is 1. The Morgan fingerprint density at radius 1 is 1.38 bits per heavy atom. The molecule has 0 fully saturated rings. The SMILES string of the molecule is CCCCOC(=O)CC1C=CC=CC1(C)C. The Kier molecular flexibility index (Phi) is 4.78. The fourth-order valence-corrected chi connectivity index (χ4v) is 1.77. The van der Waals surface area contributed by atoms with Crippen molar-refractivity contribution >= 4 is 5.97 Å². The Balaban J connectivity index is 2.39. The predicted octanol–water partition coefficient (Wildman–Crippen LogP) is 3.49. The highest BCUT2D eigenvalue weighted by Gasteiger charge is 2.28. The zero-order valence-electron chi connectivity index (χ0n) is 10.5. The summed E-state index contributed by atoms with van der Waals surface area (Å²) >= 11 is 0. The van der Waals surface area contributed by atoms with Crippen molar-refractivity contribution in [2.45, 2.75) is 40.0 Å². The fraction of sp³-hybridized carbons (Fsp3) is 0.643. The van der Waals surface area contributed by atoms with Gasteiger partial charge in [0.2, 0.25) is 0 Å². The van der Waals surface area contributed by atoms with Gasteiger partial charge in [-0.2, -0.15) is 0 Å². The second kappa shape index (κ2) is 5.88. The summed E-state index contributed by atoms with van der Waals surface area (Å²) in [5, 5.41) is 0. The van der Waals surface area contributed by atoms with Gasteiger partial charge in [0.05, 0.1) is 13.0 Å². The van der Waals surface area contributed by atoms with Gasteiger partial charge < -0.3 is 4.74 Å². The molecule has 0 heterocycles. The molecule has 0 aromatic carbocycles. The average molecular weight is 222 g/mol. The summed E-state index contributed by atoms with van der Waals surface area (Å²) in [6, 6.07) is 0. The first-order chi connectivity index (χ1) is 7.56. The zero-order valence-corrected chi connectivity index (χ0v) is 10.5. The van der Waals surface area contributed by atoms with Crippen LogP contribution < -0.4 is 0 Å². The molecule has 1 aliphatic rings. The van der Waals surface area contributed by atoms with Crippen LogP contribution in [0.4, 0.5) is 0 Å². The number of unbranched alkanes of at least 4 members (excludes halogenated alkanes) is 1. The molecule has 1 aliphatic carbocycles. The van der Waals surface area contributed by atoms with Crippen LogP contribution in [-0.4, -0.2) is 12.6 Å². The van der Waals surface area contributed by atoms with E-state index in [1.807, 2.05) is 12.2 Å². The molecule has 2 heteroatoms. The summed E-state index contributed by atoms with van der Waals surface area (Å²) in [5.41, 5.74) is 0.0541. The molecule has 0 bridgehead atoms. The van der Waals surface area contributed by atoms with Gasteiger partial charge >= 0.3 is 5.97 Å². The molecule has 90 valence electrons. The Hall–Kier alpha value is -1.05. The van der Waals surface area contributed by atoms with Gasteiger partial charge in [0.15, 0.2) is 0 Å². The van der Waals surface area contributed by atoms with Crippen LogP contribution in [0, 0.1) is 11.3 Å². The van der Waals surface area contributed by atoms with Crippen LogP contribution in [0.15, 0.2) is 24.3 Å². The number of rotatable bonds is 5. The lowest BCUT2D eigenvalue weighted by molar-refractivity contribution is -0.145. The van der Waals surface area contributed by atoms with Crippen LogP contribution in [0.1, 0.15) is 40.0 Å². The van der Waals surface area contributed by atoms with E-state index in [0.717, 1.165) is 12.8 Å². The van der Waals surface area contributed by atoms with Gasteiger partial charge in [0.25, 0.3) is 0 Å². The quantitative estimate of drug-likeness (QED) is 0.526. The third-order valence-electron chi connectivity index (χ3n) is 3.08. The van der Waals surface area contributed by atoms with Crippen LogP contribution in [-0.2, 0) is 9.53 Å². The fourth-order valence-electron chi connectivity index (χ4n) is 1.77. The Morgan fingerprint density at radius 3 is 2.75 bits per heavy atom. The molecular formula is C14H22O2. The van der Waals surface area contributed by atoms with E-state index in [1.54, 1.807) is 0 Å². The molecule has 0 amide bonds. The van der Waals surface area contributed by atoms with E-state index in [-0.39, 0.29) is 17.3 Å². The smallest absolute Gasteiger partial charge is 0.306 e. The second-order valence-corrected chi connectivity index (χ2v) is 4.95. The van der Waals surface area contributed by atoms with E-state index < -0.39 is 0 Å². The van der Waals surface area contributed by atoms with E-state index in [2.05, 4.69) is 32.9 Å². The Labute approximate surface area is 98.4 Å². The Morgan fingerprint density at radius 2 is 2.12 bits per heavy atom. The van der Waals surface area contributed by atoms with Crippen LogP contribution in [0.3, 0.4) is 0 Å². The lowest BCUT2D eigenvalue weighted by Crippen LogP contribution is -2.25. The van der Waals surface area contributed by atoms with Gasteiger partial charge in [-0.1, -0.05) is 51.5 Å². The summed E-state index contributed by atoms with van der Waals surface area (Å²) in [4.78, 5) is 11.6. The largest absolute Gasteiger partial charge is 0.466 e. The van der Waals surface area contributed by atoms with E-state index in [4.69, 9.17) is 4.74 Å². The first-order valence-corrected chi connectivity index (χ1v) is 6.08. The molecule has 0 aromatic rings. The Bertz CT molecular complexity index is 287. The molecule has 0 radical (unpaired) electrons. The maximum absolute atomic E-state index is 11.6. The molecule has 0 aliphatic heterocycles. The van der Waals surface area contributed by atoms with E-state index in [9.17, 15) is 4.79 Å². The third-order valence-corrected chi connectivity index (χ3v) is 3.08. The van der Waals surface area contributed by atoms with Crippen molar-refractivity contribution in [3.8, 4) is 0 Å². The zero-order chi connectivity index (χ0) is 12.0. The minimum Gasteiger partial charge on any atom is -0.466 e. The van der Waals surface area contributed by atoms with Crippen LogP contribution in [0.2, 0.25) is 0 Å². The summed E-state index contributed by atoms with van der Waals surface area (Å²) in [5.74, 6) is 0.179. The molecule has 0 aromatic heterocycles. The van der Waals surface area contributed by atoms with Gasteiger partial charge in [0, 0.05) is 0 Å². The summed E-state index contributed by atoms with van der Waals surface area (Å²) in [6.45, 7) is 6.95. The lowest BCUT2D eigenvalue weighted by atomic mass is 9.74. The molecular weight excluding hydrogens is 200 g/mol. The normalized spacial score (nSPS) is 22.1. The van der Waals surface area contributed by atoms with Gasteiger partial charge in [-0.15, -0.1) is 0 Å². The van der Waals surface area contributed by atoms with Crippen molar-refractivity contribution in [2.24, 2.45) is 11.3 Å². The topological polar surface area (TPSA) is 26.3 Å². The van der Waals surface area contributed by atoms with Crippen molar-refractivity contribution in [2.75, 3.05) is 6.61 Å². The van der Waals surface area contributed by atoms with E-state index in [0.29, 0.717) is 13.0 Å². The van der Waals surface area contributed by atoms with Gasteiger partial charge in [-0.05, 0) is 17.8 Å². The van der Waals surface area contributed by atoms with Crippen molar-refractivity contribution in [3.05, 3.63) is 24.3 Å². The van der Waals surface area contributed by atoms with Crippen molar-refractivity contribution in [1.82, 2.24) is 0 Å². The third kappa shape index (κ3) is 3.84. The van der Waals surface area contributed by atoms with Crippen LogP contribution in [0.5, 0.6) is 0 Å². The maximum Gasteiger partial charge on any atom is 0.306 e. The number of allylic oxidation sites excluding steroid dienone is 4. The summed E-state index contributed by atoms with van der Waals surface area (Å²) < 4.78 is 5.18. The van der Waals surface area contributed by atoms with E-state index in [1.165, 1.54) is 0 Å². The van der Waals surface area contributed by atoms with Crippen LogP contribution in [0.25, 0.3) is 0 Å². The van der Waals surface area contributed by atoms with Crippen LogP contribution >= 0.6 is 0 Å². The molecule has 0 saturated carbocycles. The van der Waals surface area contributed by atoms with Gasteiger partial charge in [-0.3, -0.25) is 4.79 Å². The first-order valence-electron chi connectivity index (χ1n) is 6.08. The van der Waals surface area contributed by atoms with Gasteiger partial charge in [0.1, 0.15) is 0 Å². The number of esters is 1.